The normalized spacial score (nSPS) is 11.9. The van der Waals surface area contributed by atoms with Crippen molar-refractivity contribution in [1.82, 2.24) is 19.5 Å². The van der Waals surface area contributed by atoms with Crippen LogP contribution in [0.1, 0.15) is 0 Å². The second-order valence-corrected chi connectivity index (χ2v) is 14.4. The number of fused-ring (bicyclic) bond motifs is 10. The van der Waals surface area contributed by atoms with Gasteiger partial charge in [-0.2, -0.15) is 0 Å². The van der Waals surface area contributed by atoms with Gasteiger partial charge in [0.2, 0.25) is 0 Å². The second kappa shape index (κ2) is 12.3. The molecular formula is C51H30N4O2. The molecule has 266 valence electrons. The third kappa shape index (κ3) is 4.94. The Morgan fingerprint density at radius 3 is 1.63 bits per heavy atom. The first kappa shape index (κ1) is 31.5. The van der Waals surface area contributed by atoms with Gasteiger partial charge in [-0.05, 0) is 53.6 Å². The van der Waals surface area contributed by atoms with Crippen molar-refractivity contribution in [2.75, 3.05) is 0 Å². The molecule has 12 rings (SSSR count). The van der Waals surface area contributed by atoms with Crippen molar-refractivity contribution in [3.63, 3.8) is 0 Å². The predicted molar refractivity (Wildman–Crippen MR) is 230 cm³/mol. The van der Waals surface area contributed by atoms with Crippen molar-refractivity contribution in [3.8, 4) is 51.0 Å². The molecule has 0 aliphatic carbocycles. The molecule has 57 heavy (non-hydrogen) atoms. The molecule has 0 aliphatic heterocycles. The lowest BCUT2D eigenvalue weighted by atomic mass is 10.0. The van der Waals surface area contributed by atoms with Gasteiger partial charge in [-0.1, -0.05) is 140 Å². The minimum atomic E-state index is 0.574. The van der Waals surface area contributed by atoms with Crippen LogP contribution in [-0.4, -0.2) is 19.5 Å². The average molecular weight is 731 g/mol. The Hall–Kier alpha value is -7.83. The quantitative estimate of drug-likeness (QED) is 0.176. The molecule has 0 unspecified atom stereocenters. The lowest BCUT2D eigenvalue weighted by Gasteiger charge is -2.13. The van der Waals surface area contributed by atoms with Crippen LogP contribution in [0.5, 0.6) is 0 Å². The zero-order valence-electron chi connectivity index (χ0n) is 30.4. The summed E-state index contributed by atoms with van der Waals surface area (Å²) in [5, 5.41) is 6.47. The highest BCUT2D eigenvalue weighted by molar-refractivity contribution is 6.23. The van der Waals surface area contributed by atoms with Gasteiger partial charge in [0.05, 0.1) is 22.1 Å². The summed E-state index contributed by atoms with van der Waals surface area (Å²) in [4.78, 5) is 14.9. The largest absolute Gasteiger partial charge is 0.456 e. The van der Waals surface area contributed by atoms with E-state index in [2.05, 4.69) is 108 Å². The standard InChI is InChI=1S/C51H30N4O2/c1-4-14-31(15-5-1)35-28-42(55-41-22-12-10-20-36(41)38-26-27-39-37-21-11-13-23-43(37)57-48(39)47(38)55)46-40-25-24-34(29-44(40)56-45(46)30-35)51-53-49(32-16-6-2-7-17-32)52-50(54-51)33-18-8-3-9-19-33/h1-30H. The van der Waals surface area contributed by atoms with Gasteiger partial charge in [0.15, 0.2) is 23.1 Å². The monoisotopic (exact) mass is 730 g/mol. The summed E-state index contributed by atoms with van der Waals surface area (Å²) in [7, 11) is 0. The third-order valence-electron chi connectivity index (χ3n) is 11.0. The SMILES string of the molecule is c1ccc(-c2cc(-n3c4ccccc4c4ccc5c6ccccc6oc5c43)c3c(c2)oc2cc(-c4nc(-c5ccccc5)nc(-c5ccccc5)n4)ccc23)cc1. The molecule has 0 radical (unpaired) electrons. The van der Waals surface area contributed by atoms with Gasteiger partial charge in [0.1, 0.15) is 16.7 Å². The van der Waals surface area contributed by atoms with Crippen LogP contribution in [-0.2, 0) is 0 Å². The summed E-state index contributed by atoms with van der Waals surface area (Å²) in [6.07, 6.45) is 0. The van der Waals surface area contributed by atoms with Crippen molar-refractivity contribution in [3.05, 3.63) is 182 Å². The highest BCUT2D eigenvalue weighted by Gasteiger charge is 2.23. The maximum Gasteiger partial charge on any atom is 0.164 e. The van der Waals surface area contributed by atoms with E-state index in [1.54, 1.807) is 0 Å². The van der Waals surface area contributed by atoms with Crippen LogP contribution in [0.4, 0.5) is 0 Å². The highest BCUT2D eigenvalue weighted by Crippen LogP contribution is 2.44. The zero-order chi connectivity index (χ0) is 37.5. The molecule has 6 heteroatoms. The van der Waals surface area contributed by atoms with Gasteiger partial charge in [-0.15, -0.1) is 0 Å². The molecule has 0 N–H and O–H groups in total. The first-order valence-corrected chi connectivity index (χ1v) is 19.0. The summed E-state index contributed by atoms with van der Waals surface area (Å²) in [5.41, 5.74) is 11.2. The second-order valence-electron chi connectivity index (χ2n) is 14.4. The maximum atomic E-state index is 6.90. The maximum absolute atomic E-state index is 6.90. The lowest BCUT2D eigenvalue weighted by Crippen LogP contribution is -2.00. The Morgan fingerprint density at radius 1 is 0.351 bits per heavy atom. The van der Waals surface area contributed by atoms with Crippen LogP contribution >= 0.6 is 0 Å². The molecular weight excluding hydrogens is 701 g/mol. The Labute approximate surface area is 325 Å². The zero-order valence-corrected chi connectivity index (χ0v) is 30.4. The van der Waals surface area contributed by atoms with E-state index < -0.39 is 0 Å². The molecule has 0 aliphatic rings. The van der Waals surface area contributed by atoms with E-state index in [0.29, 0.717) is 17.5 Å². The van der Waals surface area contributed by atoms with Crippen LogP contribution in [0.15, 0.2) is 191 Å². The topological polar surface area (TPSA) is 69.9 Å². The summed E-state index contributed by atoms with van der Waals surface area (Å²) in [5.74, 6) is 1.80. The fourth-order valence-corrected chi connectivity index (χ4v) is 8.42. The smallest absolute Gasteiger partial charge is 0.164 e. The first-order valence-electron chi connectivity index (χ1n) is 19.0. The summed E-state index contributed by atoms with van der Waals surface area (Å²) in [6, 6.07) is 62.6. The molecule has 4 aromatic heterocycles. The van der Waals surface area contributed by atoms with Gasteiger partial charge in [-0.25, -0.2) is 15.0 Å². The van der Waals surface area contributed by atoms with E-state index in [1.165, 1.54) is 0 Å². The third-order valence-corrected chi connectivity index (χ3v) is 11.0. The Kier molecular flexibility index (Phi) is 6.83. The highest BCUT2D eigenvalue weighted by atomic mass is 16.3. The van der Waals surface area contributed by atoms with Gasteiger partial charge in [0, 0.05) is 43.6 Å². The Morgan fingerprint density at radius 2 is 0.912 bits per heavy atom. The lowest BCUT2D eigenvalue weighted by molar-refractivity contribution is 0.668. The van der Waals surface area contributed by atoms with Crippen LogP contribution < -0.4 is 0 Å². The van der Waals surface area contributed by atoms with Crippen LogP contribution in [0.3, 0.4) is 0 Å². The Balaban J connectivity index is 1.14. The van der Waals surface area contributed by atoms with E-state index in [1.807, 2.05) is 78.9 Å². The minimum absolute atomic E-state index is 0.574. The molecule has 12 aromatic rings. The number of hydrogen-bond acceptors (Lipinski definition) is 5. The van der Waals surface area contributed by atoms with Crippen molar-refractivity contribution in [2.24, 2.45) is 0 Å². The minimum Gasteiger partial charge on any atom is -0.456 e. The van der Waals surface area contributed by atoms with Crippen molar-refractivity contribution < 1.29 is 8.83 Å². The summed E-state index contributed by atoms with van der Waals surface area (Å²) >= 11 is 0. The molecule has 0 bridgehead atoms. The molecule has 0 fully saturated rings. The number of benzene rings is 8. The molecule has 0 amide bonds. The number of aromatic nitrogens is 4. The van der Waals surface area contributed by atoms with Crippen molar-refractivity contribution >= 4 is 65.7 Å². The van der Waals surface area contributed by atoms with Crippen molar-refractivity contribution in [2.45, 2.75) is 0 Å². The molecule has 0 saturated heterocycles. The van der Waals surface area contributed by atoms with Crippen LogP contribution in [0.2, 0.25) is 0 Å². The van der Waals surface area contributed by atoms with Crippen molar-refractivity contribution in [1.29, 1.82) is 0 Å². The molecule has 6 nitrogen and oxygen atoms in total. The number of nitrogens with zero attached hydrogens (tertiary/aromatic N) is 4. The van der Waals surface area contributed by atoms with E-state index in [0.717, 1.165) is 99.2 Å². The molecule has 8 aromatic carbocycles. The number of hydrogen-bond donors (Lipinski definition) is 0. The molecule has 4 heterocycles. The summed E-state index contributed by atoms with van der Waals surface area (Å²) in [6.45, 7) is 0. The fraction of sp³-hybridized carbons (Fsp3) is 0. The molecule has 0 spiro atoms. The van der Waals surface area contributed by atoms with E-state index >= 15 is 0 Å². The van der Waals surface area contributed by atoms with Gasteiger partial charge < -0.3 is 13.4 Å². The predicted octanol–water partition coefficient (Wildman–Crippen LogP) is 13.4. The van der Waals surface area contributed by atoms with Gasteiger partial charge >= 0.3 is 0 Å². The first-order chi connectivity index (χ1) is 28.2. The number of furan rings is 2. The van der Waals surface area contributed by atoms with Gasteiger partial charge in [0.25, 0.3) is 0 Å². The van der Waals surface area contributed by atoms with Gasteiger partial charge in [-0.3, -0.25) is 0 Å². The number of para-hydroxylation sites is 2. The molecule has 0 atom stereocenters. The molecule has 0 saturated carbocycles. The van der Waals surface area contributed by atoms with Crippen LogP contribution in [0, 0.1) is 0 Å². The average Bonchev–Trinajstić information content (AvgIpc) is 3.96. The van der Waals surface area contributed by atoms with E-state index in [4.69, 9.17) is 23.8 Å². The van der Waals surface area contributed by atoms with E-state index in [-0.39, 0.29) is 0 Å². The van der Waals surface area contributed by atoms with E-state index in [9.17, 15) is 0 Å². The summed E-state index contributed by atoms with van der Waals surface area (Å²) < 4.78 is 16.0. The Bertz CT molecular complexity index is 3450. The fourth-order valence-electron chi connectivity index (χ4n) is 8.42. The number of rotatable bonds is 5. The van der Waals surface area contributed by atoms with Crippen LogP contribution in [0.25, 0.3) is 117 Å².